The summed E-state index contributed by atoms with van der Waals surface area (Å²) in [5, 5.41) is 11.0. The first kappa shape index (κ1) is 18.3. The highest BCUT2D eigenvalue weighted by Crippen LogP contribution is 2.24. The van der Waals surface area contributed by atoms with Crippen molar-refractivity contribution in [3.8, 4) is 0 Å². The summed E-state index contributed by atoms with van der Waals surface area (Å²) in [6, 6.07) is 2.69. The maximum absolute atomic E-state index is 11.8. The van der Waals surface area contributed by atoms with Gasteiger partial charge in [0.2, 0.25) is 0 Å². The summed E-state index contributed by atoms with van der Waals surface area (Å²) < 4.78 is 5.32. The number of amides is 1. The predicted octanol–water partition coefficient (Wildman–Crippen LogP) is 3.96. The van der Waals surface area contributed by atoms with Crippen molar-refractivity contribution in [3.05, 3.63) is 22.4 Å². The summed E-state index contributed by atoms with van der Waals surface area (Å²) in [7, 11) is 0. The van der Waals surface area contributed by atoms with Crippen LogP contribution in [0.15, 0.2) is 16.8 Å². The second-order valence-electron chi connectivity index (χ2n) is 7.37. The largest absolute Gasteiger partial charge is 0.444 e. The Morgan fingerprint density at radius 1 is 1.35 bits per heavy atom. The van der Waals surface area contributed by atoms with Crippen molar-refractivity contribution < 1.29 is 9.53 Å². The molecule has 5 heteroatoms. The molecule has 1 fully saturated rings. The van der Waals surface area contributed by atoms with E-state index in [4.69, 9.17) is 4.74 Å². The maximum atomic E-state index is 11.8. The molecular weight excluding hydrogens is 308 g/mol. The highest BCUT2D eigenvalue weighted by atomic mass is 32.1. The lowest BCUT2D eigenvalue weighted by Crippen LogP contribution is -2.45. The van der Waals surface area contributed by atoms with E-state index in [1.807, 2.05) is 20.8 Å². The molecule has 1 saturated carbocycles. The zero-order chi connectivity index (χ0) is 16.7. The molecule has 1 aliphatic carbocycles. The smallest absolute Gasteiger partial charge is 0.407 e. The second kappa shape index (κ2) is 8.69. The van der Waals surface area contributed by atoms with E-state index >= 15 is 0 Å². The van der Waals surface area contributed by atoms with Crippen molar-refractivity contribution in [1.82, 2.24) is 10.6 Å². The van der Waals surface area contributed by atoms with Crippen LogP contribution in [0.5, 0.6) is 0 Å². The monoisotopic (exact) mass is 338 g/mol. The lowest BCUT2D eigenvalue weighted by atomic mass is 9.84. The number of alkyl carbamates (subject to hydrolysis) is 1. The molecule has 0 aliphatic heterocycles. The van der Waals surface area contributed by atoms with E-state index in [9.17, 15) is 4.79 Å². The fourth-order valence-corrected chi connectivity index (χ4v) is 3.79. The molecule has 1 amide bonds. The van der Waals surface area contributed by atoms with E-state index in [0.29, 0.717) is 18.5 Å². The number of carbonyl (C=O) groups is 1. The Morgan fingerprint density at radius 2 is 2.13 bits per heavy atom. The normalized spacial score (nSPS) is 21.9. The second-order valence-corrected chi connectivity index (χ2v) is 8.15. The van der Waals surface area contributed by atoms with Crippen molar-refractivity contribution >= 4 is 17.4 Å². The first-order valence-corrected chi connectivity index (χ1v) is 9.59. The number of hydrogen-bond acceptors (Lipinski definition) is 4. The zero-order valence-corrected chi connectivity index (χ0v) is 15.4. The molecule has 1 aromatic heterocycles. The number of thiophene rings is 1. The first-order valence-electron chi connectivity index (χ1n) is 8.65. The molecule has 2 rings (SSSR count). The van der Waals surface area contributed by atoms with Gasteiger partial charge in [0.15, 0.2) is 0 Å². The van der Waals surface area contributed by atoms with E-state index < -0.39 is 5.60 Å². The van der Waals surface area contributed by atoms with Gasteiger partial charge in [-0.15, -0.1) is 0 Å². The molecule has 2 atom stereocenters. The van der Waals surface area contributed by atoms with Crippen molar-refractivity contribution in [3.63, 3.8) is 0 Å². The Kier molecular flexibility index (Phi) is 6.90. The van der Waals surface area contributed by atoms with Crippen LogP contribution < -0.4 is 10.6 Å². The Morgan fingerprint density at radius 3 is 2.83 bits per heavy atom. The van der Waals surface area contributed by atoms with Crippen LogP contribution in [0.25, 0.3) is 0 Å². The van der Waals surface area contributed by atoms with Crippen molar-refractivity contribution in [2.75, 3.05) is 13.1 Å². The van der Waals surface area contributed by atoms with E-state index in [1.54, 1.807) is 11.3 Å². The Bertz CT molecular complexity index is 468. The summed E-state index contributed by atoms with van der Waals surface area (Å²) in [4.78, 5) is 11.8. The van der Waals surface area contributed by atoms with E-state index in [1.165, 1.54) is 31.2 Å². The highest BCUT2D eigenvalue weighted by molar-refractivity contribution is 7.07. The molecule has 0 spiro atoms. The maximum Gasteiger partial charge on any atom is 0.407 e. The summed E-state index contributed by atoms with van der Waals surface area (Å²) in [6.07, 6.45) is 5.67. The van der Waals surface area contributed by atoms with Crippen LogP contribution in [0.4, 0.5) is 4.79 Å². The van der Waals surface area contributed by atoms with Gasteiger partial charge in [0, 0.05) is 12.6 Å². The Hall–Kier alpha value is -1.07. The van der Waals surface area contributed by atoms with Crippen LogP contribution in [0, 0.1) is 5.92 Å². The fraction of sp³-hybridized carbons (Fsp3) is 0.722. The van der Waals surface area contributed by atoms with Gasteiger partial charge in [-0.1, -0.05) is 12.8 Å². The van der Waals surface area contributed by atoms with Gasteiger partial charge in [0.05, 0.1) is 0 Å². The van der Waals surface area contributed by atoms with Crippen LogP contribution in [-0.2, 0) is 11.2 Å². The van der Waals surface area contributed by atoms with Gasteiger partial charge in [-0.2, -0.15) is 11.3 Å². The van der Waals surface area contributed by atoms with Crippen LogP contribution in [0.2, 0.25) is 0 Å². The summed E-state index contributed by atoms with van der Waals surface area (Å²) in [5.74, 6) is 0.499. The summed E-state index contributed by atoms with van der Waals surface area (Å²) >= 11 is 1.75. The minimum absolute atomic E-state index is 0.305. The lowest BCUT2D eigenvalue weighted by Gasteiger charge is -2.32. The van der Waals surface area contributed by atoms with Crippen molar-refractivity contribution in [2.24, 2.45) is 5.92 Å². The molecular formula is C18H30N2O2S. The van der Waals surface area contributed by atoms with Gasteiger partial charge in [0.25, 0.3) is 0 Å². The average molecular weight is 339 g/mol. The predicted molar refractivity (Wildman–Crippen MR) is 96.0 cm³/mol. The van der Waals surface area contributed by atoms with E-state index in [-0.39, 0.29) is 6.09 Å². The molecule has 2 unspecified atom stereocenters. The number of hydrogen-bond donors (Lipinski definition) is 2. The lowest BCUT2D eigenvalue weighted by molar-refractivity contribution is 0.0511. The van der Waals surface area contributed by atoms with Crippen LogP contribution in [0.3, 0.4) is 0 Å². The minimum atomic E-state index is -0.436. The van der Waals surface area contributed by atoms with Crippen LogP contribution in [0.1, 0.15) is 52.0 Å². The number of carbonyl (C=O) groups excluding carboxylic acids is 1. The zero-order valence-electron chi connectivity index (χ0n) is 14.6. The topological polar surface area (TPSA) is 50.4 Å². The minimum Gasteiger partial charge on any atom is -0.444 e. The van der Waals surface area contributed by atoms with Crippen LogP contribution >= 0.6 is 11.3 Å². The fourth-order valence-electron chi connectivity index (χ4n) is 3.09. The molecule has 4 nitrogen and oxygen atoms in total. The highest BCUT2D eigenvalue weighted by Gasteiger charge is 2.25. The van der Waals surface area contributed by atoms with Gasteiger partial charge >= 0.3 is 6.09 Å². The van der Waals surface area contributed by atoms with Gasteiger partial charge in [-0.25, -0.2) is 4.79 Å². The number of nitrogens with one attached hydrogen (secondary N) is 2. The molecule has 1 aromatic rings. The third-order valence-corrected chi connectivity index (χ3v) is 4.95. The SMILES string of the molecule is CC(C)(C)OC(=O)NCC1CCCCC1NCCc1ccsc1. The third-order valence-electron chi connectivity index (χ3n) is 4.22. The molecule has 0 saturated heterocycles. The standard InChI is InChI=1S/C18H30N2O2S/c1-18(2,3)22-17(21)20-12-15-6-4-5-7-16(15)19-10-8-14-9-11-23-13-14/h9,11,13,15-16,19H,4-8,10,12H2,1-3H3,(H,20,21). The molecule has 23 heavy (non-hydrogen) atoms. The molecule has 1 aliphatic rings. The summed E-state index contributed by atoms with van der Waals surface area (Å²) in [6.45, 7) is 7.38. The van der Waals surface area contributed by atoms with Crippen molar-refractivity contribution in [2.45, 2.75) is 64.5 Å². The molecule has 0 aromatic carbocycles. The number of ether oxygens (including phenoxy) is 1. The van der Waals surface area contributed by atoms with Gasteiger partial charge in [-0.05, 0) is 74.9 Å². The quantitative estimate of drug-likeness (QED) is 0.825. The molecule has 0 bridgehead atoms. The van der Waals surface area contributed by atoms with E-state index in [0.717, 1.165) is 13.0 Å². The first-order chi connectivity index (χ1) is 10.9. The van der Waals surface area contributed by atoms with Gasteiger partial charge in [0.1, 0.15) is 5.60 Å². The van der Waals surface area contributed by atoms with Gasteiger partial charge in [-0.3, -0.25) is 0 Å². The van der Waals surface area contributed by atoms with Crippen molar-refractivity contribution in [1.29, 1.82) is 0 Å². The molecule has 0 radical (unpaired) electrons. The molecule has 2 N–H and O–H groups in total. The Labute approximate surface area is 144 Å². The average Bonchev–Trinajstić information content (AvgIpc) is 2.98. The van der Waals surface area contributed by atoms with Gasteiger partial charge < -0.3 is 15.4 Å². The molecule has 130 valence electrons. The Balaban J connectivity index is 1.73. The van der Waals surface area contributed by atoms with E-state index in [2.05, 4.69) is 27.5 Å². The third kappa shape index (κ3) is 6.92. The summed E-state index contributed by atoms with van der Waals surface area (Å²) in [5.41, 5.74) is 0.969. The van der Waals surface area contributed by atoms with Crippen LogP contribution in [-0.4, -0.2) is 30.8 Å². The molecule has 1 heterocycles. The number of rotatable bonds is 6.